The zero-order chi connectivity index (χ0) is 31.5. The number of amides is 4. The average molecular weight is 599 g/mol. The van der Waals surface area contributed by atoms with Crippen molar-refractivity contribution in [2.75, 3.05) is 25.0 Å². The first-order chi connectivity index (χ1) is 20.5. The van der Waals surface area contributed by atoms with E-state index < -0.39 is 35.6 Å². The number of carbonyl (C=O) groups excluding carboxylic acids is 4. The molecule has 2 aromatic rings. The van der Waals surface area contributed by atoms with Crippen molar-refractivity contribution >= 4 is 46.2 Å². The van der Waals surface area contributed by atoms with E-state index in [0.717, 1.165) is 10.9 Å². The van der Waals surface area contributed by atoms with E-state index in [0.29, 0.717) is 62.9 Å². The van der Waals surface area contributed by atoms with Crippen LogP contribution in [0, 0.1) is 6.92 Å². The van der Waals surface area contributed by atoms with Gasteiger partial charge in [0.1, 0.15) is 23.7 Å². The zero-order valence-corrected chi connectivity index (χ0v) is 24.7. The van der Waals surface area contributed by atoms with Gasteiger partial charge in [-0.05, 0) is 76.1 Å². The molecule has 3 rings (SSSR count). The second-order valence-corrected chi connectivity index (χ2v) is 10.7. The van der Waals surface area contributed by atoms with Gasteiger partial charge in [0.25, 0.3) is 0 Å². The highest BCUT2D eigenvalue weighted by atomic mass is 16.4. The van der Waals surface area contributed by atoms with Gasteiger partial charge in [0.05, 0.1) is 0 Å². The van der Waals surface area contributed by atoms with Crippen molar-refractivity contribution in [2.45, 2.75) is 76.9 Å². The van der Waals surface area contributed by atoms with Gasteiger partial charge in [-0.3, -0.25) is 24.2 Å². The lowest BCUT2D eigenvalue weighted by Gasteiger charge is -2.29. The lowest BCUT2D eigenvalue weighted by molar-refractivity contribution is -0.142. The largest absolute Gasteiger partial charge is 0.423 e. The minimum Gasteiger partial charge on any atom is -0.423 e. The maximum Gasteiger partial charge on any atom is 0.336 e. The number of nitrogens with two attached hydrogens (primary N) is 3. The fraction of sp³-hybridized carbons (Fsp3) is 0.517. The number of hydrogen-bond acceptors (Lipinski definition) is 8. The van der Waals surface area contributed by atoms with Crippen molar-refractivity contribution in [1.29, 1.82) is 0 Å². The summed E-state index contributed by atoms with van der Waals surface area (Å²) in [6.07, 6.45) is 3.37. The summed E-state index contributed by atoms with van der Waals surface area (Å²) in [5, 5.41) is 9.01. The molecule has 1 fully saturated rings. The maximum absolute atomic E-state index is 13.5. The van der Waals surface area contributed by atoms with Gasteiger partial charge >= 0.3 is 5.63 Å². The standard InChI is InChI=1S/C29H42N8O6/c1-17-15-25(39)43-24-16-19(10-11-20(17)24)35-26(40)21(8-5-13-33-29(31)32)36-27(41)23-9-6-14-37(23)28(42)22(34-18(2)38)7-3-4-12-30/h10-11,15-16,21-23H,3-9,12-14,30H2,1-2H3,(H,34,38)(H,35,40)(H,36,41)(H4,31,32,33)/t21-,22-,23-/m0/s1. The number of rotatable bonds is 14. The molecule has 43 heavy (non-hydrogen) atoms. The van der Waals surface area contributed by atoms with Gasteiger partial charge < -0.3 is 42.5 Å². The number of anilines is 1. The highest BCUT2D eigenvalue weighted by Gasteiger charge is 2.38. The summed E-state index contributed by atoms with van der Waals surface area (Å²) in [4.78, 5) is 69.4. The van der Waals surface area contributed by atoms with Crippen molar-refractivity contribution in [1.82, 2.24) is 15.5 Å². The summed E-state index contributed by atoms with van der Waals surface area (Å²) >= 11 is 0. The summed E-state index contributed by atoms with van der Waals surface area (Å²) < 4.78 is 5.28. The van der Waals surface area contributed by atoms with E-state index in [1.807, 2.05) is 0 Å². The number of likely N-dealkylation sites (tertiary alicyclic amines) is 1. The number of benzene rings is 1. The minimum atomic E-state index is -0.977. The maximum atomic E-state index is 13.5. The van der Waals surface area contributed by atoms with Crippen LogP contribution >= 0.6 is 0 Å². The summed E-state index contributed by atoms with van der Waals surface area (Å²) in [5.41, 5.74) is 17.3. The Bertz CT molecular complexity index is 1400. The van der Waals surface area contributed by atoms with Crippen LogP contribution in [0.25, 0.3) is 11.0 Å². The average Bonchev–Trinajstić information content (AvgIpc) is 3.43. The number of aryl methyl sites for hydroxylation is 1. The second kappa shape index (κ2) is 15.7. The van der Waals surface area contributed by atoms with E-state index in [4.69, 9.17) is 21.6 Å². The third kappa shape index (κ3) is 9.53. The highest BCUT2D eigenvalue weighted by molar-refractivity contribution is 6.00. The summed E-state index contributed by atoms with van der Waals surface area (Å²) in [7, 11) is 0. The monoisotopic (exact) mass is 598 g/mol. The molecule has 3 atom stereocenters. The third-order valence-corrected chi connectivity index (χ3v) is 7.26. The Balaban J connectivity index is 1.76. The first kappa shape index (κ1) is 33.0. The van der Waals surface area contributed by atoms with Crippen molar-refractivity contribution in [2.24, 2.45) is 22.2 Å². The predicted molar refractivity (Wildman–Crippen MR) is 163 cm³/mol. The predicted octanol–water partition coefficient (Wildman–Crippen LogP) is 0.203. The number of carbonyl (C=O) groups is 4. The van der Waals surface area contributed by atoms with E-state index in [1.54, 1.807) is 25.1 Å². The van der Waals surface area contributed by atoms with Crippen LogP contribution in [0.1, 0.15) is 57.4 Å². The molecule has 0 bridgehead atoms. The Kier molecular flexibility index (Phi) is 12.0. The smallest absolute Gasteiger partial charge is 0.336 e. The van der Waals surface area contributed by atoms with Gasteiger partial charge in [-0.2, -0.15) is 0 Å². The molecule has 2 heterocycles. The van der Waals surface area contributed by atoms with E-state index in [1.165, 1.54) is 17.9 Å². The molecule has 1 saturated heterocycles. The molecule has 234 valence electrons. The van der Waals surface area contributed by atoms with Crippen molar-refractivity contribution < 1.29 is 23.6 Å². The van der Waals surface area contributed by atoms with Crippen LogP contribution < -0.4 is 38.8 Å². The molecule has 1 aromatic heterocycles. The summed E-state index contributed by atoms with van der Waals surface area (Å²) in [6, 6.07) is 3.79. The Labute approximate surface area is 249 Å². The molecule has 14 nitrogen and oxygen atoms in total. The van der Waals surface area contributed by atoms with E-state index >= 15 is 0 Å². The molecule has 14 heteroatoms. The van der Waals surface area contributed by atoms with Crippen molar-refractivity contribution in [3.8, 4) is 0 Å². The molecule has 4 amide bonds. The van der Waals surface area contributed by atoms with Crippen LogP contribution in [-0.4, -0.2) is 72.2 Å². The Hall–Kier alpha value is -4.46. The number of nitrogens with zero attached hydrogens (tertiary/aromatic N) is 2. The Morgan fingerprint density at radius 3 is 2.51 bits per heavy atom. The number of nitrogens with one attached hydrogen (secondary N) is 3. The molecule has 9 N–H and O–H groups in total. The molecular formula is C29H42N8O6. The number of guanidine groups is 1. The molecule has 0 radical (unpaired) electrons. The van der Waals surface area contributed by atoms with Crippen LogP contribution in [0.3, 0.4) is 0 Å². The zero-order valence-electron chi connectivity index (χ0n) is 24.7. The first-order valence-corrected chi connectivity index (χ1v) is 14.5. The molecule has 1 aliphatic rings. The quantitative estimate of drug-likeness (QED) is 0.0754. The normalized spacial score (nSPS) is 15.9. The number of hydrogen-bond donors (Lipinski definition) is 6. The molecule has 1 aliphatic heterocycles. The van der Waals surface area contributed by atoms with Crippen LogP contribution in [0.5, 0.6) is 0 Å². The highest BCUT2D eigenvalue weighted by Crippen LogP contribution is 2.22. The second-order valence-electron chi connectivity index (χ2n) is 10.7. The van der Waals surface area contributed by atoms with Crippen LogP contribution in [0.4, 0.5) is 5.69 Å². The van der Waals surface area contributed by atoms with E-state index in [2.05, 4.69) is 20.9 Å². The number of aliphatic imine (C=N–C) groups is 1. The van der Waals surface area contributed by atoms with Crippen molar-refractivity contribution in [3.63, 3.8) is 0 Å². The summed E-state index contributed by atoms with van der Waals surface area (Å²) in [5.74, 6) is -1.74. The van der Waals surface area contributed by atoms with Crippen molar-refractivity contribution in [3.05, 3.63) is 40.2 Å². The van der Waals surface area contributed by atoms with E-state index in [-0.39, 0.29) is 30.7 Å². The molecule has 0 spiro atoms. The lowest BCUT2D eigenvalue weighted by Crippen LogP contribution is -2.55. The molecule has 0 aliphatic carbocycles. The van der Waals surface area contributed by atoms with Gasteiger partial charge in [-0.25, -0.2) is 4.79 Å². The SMILES string of the molecule is CC(=O)N[C@@H](CCCCN)C(=O)N1CCC[C@H]1C(=O)N[C@@H](CCCN=C(N)N)C(=O)Nc1ccc2c(C)cc(=O)oc2c1. The minimum absolute atomic E-state index is 0.0849. The Morgan fingerprint density at radius 1 is 1.07 bits per heavy atom. The molecule has 0 saturated carbocycles. The fourth-order valence-electron chi connectivity index (χ4n) is 5.17. The van der Waals surface area contributed by atoms with Gasteiger partial charge in [0.15, 0.2) is 5.96 Å². The van der Waals surface area contributed by atoms with Crippen LogP contribution in [0.2, 0.25) is 0 Å². The topological polar surface area (TPSA) is 228 Å². The fourth-order valence-corrected chi connectivity index (χ4v) is 5.17. The van der Waals surface area contributed by atoms with E-state index in [9.17, 15) is 24.0 Å². The molecular weight excluding hydrogens is 556 g/mol. The molecule has 1 aromatic carbocycles. The third-order valence-electron chi connectivity index (χ3n) is 7.26. The number of unbranched alkanes of at least 4 members (excludes halogenated alkanes) is 1. The summed E-state index contributed by atoms with van der Waals surface area (Å²) in [6.45, 7) is 4.20. The van der Waals surface area contributed by atoms with Gasteiger partial charge in [-0.1, -0.05) is 0 Å². The number of fused-ring (bicyclic) bond motifs is 1. The van der Waals surface area contributed by atoms with Crippen LogP contribution in [-0.2, 0) is 19.2 Å². The lowest BCUT2D eigenvalue weighted by atomic mass is 10.1. The van der Waals surface area contributed by atoms with Gasteiger partial charge in [-0.15, -0.1) is 0 Å². The first-order valence-electron chi connectivity index (χ1n) is 14.5. The van der Waals surface area contributed by atoms with Crippen LogP contribution in [0.15, 0.2) is 38.5 Å². The molecule has 0 unspecified atom stereocenters. The van der Waals surface area contributed by atoms with Gasteiger partial charge in [0.2, 0.25) is 23.6 Å². The Morgan fingerprint density at radius 2 is 1.81 bits per heavy atom. The van der Waals surface area contributed by atoms with Gasteiger partial charge in [0, 0.05) is 43.2 Å².